The third-order valence-electron chi connectivity index (χ3n) is 3.23. The number of halogens is 2. The van der Waals surface area contributed by atoms with Crippen molar-refractivity contribution in [2.75, 3.05) is 20.6 Å². The predicted molar refractivity (Wildman–Crippen MR) is 88.7 cm³/mol. The Hall–Kier alpha value is -0.880. The maximum atomic E-state index is 10.7. The Morgan fingerprint density at radius 3 is 2.71 bits per heavy atom. The van der Waals surface area contributed by atoms with E-state index in [0.29, 0.717) is 17.3 Å². The van der Waals surface area contributed by atoms with Gasteiger partial charge in [0.25, 0.3) is 0 Å². The Bertz CT molecular complexity index is 607. The maximum Gasteiger partial charge on any atom is 0.122 e. The first-order valence-corrected chi connectivity index (χ1v) is 7.86. The molecule has 1 heterocycles. The van der Waals surface area contributed by atoms with Gasteiger partial charge in [0.2, 0.25) is 0 Å². The van der Waals surface area contributed by atoms with E-state index in [1.165, 1.54) is 0 Å². The highest BCUT2D eigenvalue weighted by atomic mass is 79.9. The summed E-state index contributed by atoms with van der Waals surface area (Å²) in [4.78, 5) is 2.06. The van der Waals surface area contributed by atoms with E-state index < -0.39 is 6.10 Å². The molecule has 6 heteroatoms. The summed E-state index contributed by atoms with van der Waals surface area (Å²) in [6.45, 7) is 3.50. The molecule has 0 saturated carbocycles. The number of aryl methyl sites for hydroxylation is 1. The molecule has 0 aliphatic carbocycles. The van der Waals surface area contributed by atoms with Crippen molar-refractivity contribution >= 4 is 27.5 Å². The minimum Gasteiger partial charge on any atom is -0.382 e. The fourth-order valence-corrected chi connectivity index (χ4v) is 3.07. The molecule has 0 spiro atoms. The predicted octanol–water partition coefficient (Wildman–Crippen LogP) is 3.25. The lowest BCUT2D eigenvalue weighted by atomic mass is 10.0. The molecule has 1 aromatic heterocycles. The van der Waals surface area contributed by atoms with Crippen LogP contribution in [0.5, 0.6) is 0 Å². The first-order chi connectivity index (χ1) is 9.88. The number of likely N-dealkylation sites (N-methyl/N-ethyl adjacent to an activating group) is 1. The second kappa shape index (κ2) is 6.92. The Balaban J connectivity index is 2.33. The lowest BCUT2D eigenvalue weighted by Gasteiger charge is -2.17. The summed E-state index contributed by atoms with van der Waals surface area (Å²) in [7, 11) is 4.00. The average Bonchev–Trinajstić information content (AvgIpc) is 2.75. The first kappa shape index (κ1) is 16.5. The first-order valence-electron chi connectivity index (χ1n) is 6.69. The summed E-state index contributed by atoms with van der Waals surface area (Å²) in [5.74, 6) is 0. The van der Waals surface area contributed by atoms with Crippen molar-refractivity contribution in [3.8, 4) is 0 Å². The van der Waals surface area contributed by atoms with Gasteiger partial charge in [-0.25, -0.2) is 0 Å². The van der Waals surface area contributed by atoms with Gasteiger partial charge < -0.3 is 10.0 Å². The smallest absolute Gasteiger partial charge is 0.122 e. The molecule has 0 aliphatic heterocycles. The van der Waals surface area contributed by atoms with Crippen molar-refractivity contribution in [1.29, 1.82) is 0 Å². The summed E-state index contributed by atoms with van der Waals surface area (Å²) >= 11 is 9.67. The zero-order chi connectivity index (χ0) is 15.6. The standard InChI is InChI=1S/C15H19BrClN3O/c1-10-6-11(8-12(16)7-10)15(21)14-13(17)9-18-20(14)5-4-19(2)3/h6-9,15,21H,4-5H2,1-3H3. The molecule has 0 aliphatic rings. The maximum absolute atomic E-state index is 10.7. The molecule has 1 atom stereocenters. The van der Waals surface area contributed by atoms with Crippen molar-refractivity contribution in [2.24, 2.45) is 0 Å². The van der Waals surface area contributed by atoms with Crippen LogP contribution < -0.4 is 0 Å². The van der Waals surface area contributed by atoms with Crippen molar-refractivity contribution < 1.29 is 5.11 Å². The number of benzene rings is 1. The van der Waals surface area contributed by atoms with Gasteiger partial charge in [-0.1, -0.05) is 33.6 Å². The van der Waals surface area contributed by atoms with Gasteiger partial charge in [-0.15, -0.1) is 0 Å². The highest BCUT2D eigenvalue weighted by Gasteiger charge is 2.20. The molecule has 21 heavy (non-hydrogen) atoms. The van der Waals surface area contributed by atoms with E-state index in [0.717, 1.165) is 22.1 Å². The van der Waals surface area contributed by atoms with Gasteiger partial charge in [-0.3, -0.25) is 4.68 Å². The summed E-state index contributed by atoms with van der Waals surface area (Å²) in [5, 5.41) is 15.4. The molecule has 0 bridgehead atoms. The average molecular weight is 373 g/mol. The van der Waals surface area contributed by atoms with Crippen molar-refractivity contribution in [3.63, 3.8) is 0 Å². The molecule has 0 fully saturated rings. The van der Waals surface area contributed by atoms with Gasteiger partial charge in [0.1, 0.15) is 6.10 Å². The van der Waals surface area contributed by atoms with Crippen LogP contribution in [0, 0.1) is 6.92 Å². The highest BCUT2D eigenvalue weighted by molar-refractivity contribution is 9.10. The van der Waals surface area contributed by atoms with E-state index in [1.807, 2.05) is 39.2 Å². The van der Waals surface area contributed by atoms with E-state index in [-0.39, 0.29) is 0 Å². The van der Waals surface area contributed by atoms with Crippen LogP contribution in [0.2, 0.25) is 5.02 Å². The number of aliphatic hydroxyl groups excluding tert-OH is 1. The molecule has 2 rings (SSSR count). The Morgan fingerprint density at radius 2 is 2.10 bits per heavy atom. The molecule has 2 aromatic rings. The minimum absolute atomic E-state index is 0.485. The van der Waals surface area contributed by atoms with Crippen LogP contribution in [-0.2, 0) is 6.54 Å². The number of hydrogen-bond donors (Lipinski definition) is 1. The quantitative estimate of drug-likeness (QED) is 0.876. The Kier molecular flexibility index (Phi) is 5.43. The van der Waals surface area contributed by atoms with Gasteiger partial charge in [0.05, 0.1) is 23.5 Å². The van der Waals surface area contributed by atoms with E-state index in [2.05, 4.69) is 25.9 Å². The normalized spacial score (nSPS) is 12.9. The largest absolute Gasteiger partial charge is 0.382 e. The summed E-state index contributed by atoms with van der Waals surface area (Å²) in [6.07, 6.45) is 0.791. The summed E-state index contributed by atoms with van der Waals surface area (Å²) in [5.41, 5.74) is 2.51. The molecule has 114 valence electrons. The second-order valence-electron chi connectivity index (χ2n) is 5.37. The van der Waals surface area contributed by atoms with Crippen LogP contribution in [0.1, 0.15) is 22.9 Å². The molecule has 1 unspecified atom stereocenters. The van der Waals surface area contributed by atoms with Gasteiger partial charge in [0, 0.05) is 11.0 Å². The zero-order valence-corrected chi connectivity index (χ0v) is 14.7. The molecule has 0 radical (unpaired) electrons. The third kappa shape index (κ3) is 4.07. The second-order valence-corrected chi connectivity index (χ2v) is 6.69. The van der Waals surface area contributed by atoms with Gasteiger partial charge in [-0.2, -0.15) is 5.10 Å². The van der Waals surface area contributed by atoms with E-state index in [9.17, 15) is 5.11 Å². The van der Waals surface area contributed by atoms with Crippen LogP contribution in [0.15, 0.2) is 28.9 Å². The van der Waals surface area contributed by atoms with Gasteiger partial charge in [0.15, 0.2) is 0 Å². The summed E-state index contributed by atoms with van der Waals surface area (Å²) in [6, 6.07) is 5.85. The number of hydrogen-bond acceptors (Lipinski definition) is 3. The van der Waals surface area contributed by atoms with Crippen LogP contribution in [0.4, 0.5) is 0 Å². The molecular weight excluding hydrogens is 354 g/mol. The van der Waals surface area contributed by atoms with Crippen LogP contribution in [-0.4, -0.2) is 40.4 Å². The molecule has 0 saturated heterocycles. The van der Waals surface area contributed by atoms with Crippen LogP contribution >= 0.6 is 27.5 Å². The topological polar surface area (TPSA) is 41.3 Å². The van der Waals surface area contributed by atoms with E-state index in [4.69, 9.17) is 11.6 Å². The highest BCUT2D eigenvalue weighted by Crippen LogP contribution is 2.30. The minimum atomic E-state index is -0.793. The molecule has 4 nitrogen and oxygen atoms in total. The van der Waals surface area contributed by atoms with Crippen molar-refractivity contribution in [1.82, 2.24) is 14.7 Å². The number of aromatic nitrogens is 2. The lowest BCUT2D eigenvalue weighted by Crippen LogP contribution is -2.21. The lowest BCUT2D eigenvalue weighted by molar-refractivity contribution is 0.205. The fraction of sp³-hybridized carbons (Fsp3) is 0.400. The monoisotopic (exact) mass is 371 g/mol. The fourth-order valence-electron chi connectivity index (χ4n) is 2.20. The van der Waals surface area contributed by atoms with Crippen LogP contribution in [0.3, 0.4) is 0 Å². The zero-order valence-electron chi connectivity index (χ0n) is 12.3. The number of nitrogens with zero attached hydrogens (tertiary/aromatic N) is 3. The molecule has 1 aromatic carbocycles. The van der Waals surface area contributed by atoms with Crippen LogP contribution in [0.25, 0.3) is 0 Å². The van der Waals surface area contributed by atoms with E-state index in [1.54, 1.807) is 10.9 Å². The number of rotatable bonds is 5. The van der Waals surface area contributed by atoms with Crippen molar-refractivity contribution in [3.05, 3.63) is 50.7 Å². The van der Waals surface area contributed by atoms with Crippen molar-refractivity contribution in [2.45, 2.75) is 19.6 Å². The summed E-state index contributed by atoms with van der Waals surface area (Å²) < 4.78 is 2.70. The van der Waals surface area contributed by atoms with Gasteiger partial charge >= 0.3 is 0 Å². The third-order valence-corrected chi connectivity index (χ3v) is 3.98. The van der Waals surface area contributed by atoms with Gasteiger partial charge in [-0.05, 0) is 44.3 Å². The molecular formula is C15H19BrClN3O. The Morgan fingerprint density at radius 1 is 1.38 bits per heavy atom. The Labute approximate surface area is 138 Å². The molecule has 1 N–H and O–H groups in total. The SMILES string of the molecule is Cc1cc(Br)cc(C(O)c2c(Cl)cnn2CCN(C)C)c1. The molecule has 0 amide bonds. The number of aliphatic hydroxyl groups is 1. The van der Waals surface area contributed by atoms with E-state index >= 15 is 0 Å².